The minimum absolute atomic E-state index is 0.00846. The van der Waals surface area contributed by atoms with Gasteiger partial charge in [0.25, 0.3) is 0 Å². The number of hydrogen-bond donors (Lipinski definition) is 16. The number of aliphatic carboxylic acids is 1. The van der Waals surface area contributed by atoms with Gasteiger partial charge >= 0.3 is 5.97 Å². The quantitative estimate of drug-likeness (QED) is 0.0596. The lowest BCUT2D eigenvalue weighted by molar-refractivity contribution is -0.387. The number of ether oxygens (including phenoxy) is 12. The van der Waals surface area contributed by atoms with E-state index in [0.29, 0.717) is 25.2 Å². The summed E-state index contributed by atoms with van der Waals surface area (Å²) in [7, 11) is 0. The van der Waals surface area contributed by atoms with Crippen molar-refractivity contribution in [2.24, 2.45) is 50.2 Å². The summed E-state index contributed by atoms with van der Waals surface area (Å²) in [6.07, 6.45) is -36.8. The predicted molar refractivity (Wildman–Crippen MR) is 314 cm³/mol. The van der Waals surface area contributed by atoms with Gasteiger partial charge in [-0.05, 0) is 123 Å². The standard InChI is InChI=1S/C64H104O29/c1-25-36(67)41(72)45(76)52(85-25)83-23-31-39(70)42(73)46(77)55(89-31)91-49-30(21-65)87-54(47(78)43(49)74)88-32-24-84-53(44(75)40(32)71)92-50-37(68)26(2)86-56(48(50)79)93-51-38(69)29(66)22-82-57(51)90-35-13-14-61(7)33(60(35,5)6)12-15-63(9)34(61)11-10-27-28-20-59(3,4)16-18-64(28,58(80)81)19-17-62(27,63)8/h10,25-26,28-57,65-79H,11-24H2,1-9H3,(H,80,81)/t25-,26-,28+,29+,30+,31+,32+,33-,34+,35+,36+,37-,38+,39-,40+,41+,42-,43-,44-,45-,46-,47-,48+,49+,50+,51-,52+,53+,54-,55+,56-,57-,61-,62+,63-,64-/m1/s1. The van der Waals surface area contributed by atoms with Gasteiger partial charge in [-0.25, -0.2) is 0 Å². The van der Waals surface area contributed by atoms with Crippen molar-refractivity contribution in [1.82, 2.24) is 0 Å². The van der Waals surface area contributed by atoms with Gasteiger partial charge in [-0.1, -0.05) is 60.1 Å². The van der Waals surface area contributed by atoms with Crippen molar-refractivity contribution in [1.29, 1.82) is 0 Å². The Hall–Kier alpha value is -1.87. The first-order chi connectivity index (χ1) is 43.5. The molecule has 0 aromatic heterocycles. The first kappa shape index (κ1) is 72.4. The average molecular weight is 1340 g/mol. The van der Waals surface area contributed by atoms with Crippen LogP contribution in [0.5, 0.6) is 0 Å². The van der Waals surface area contributed by atoms with E-state index < -0.39 is 215 Å². The first-order valence-electron chi connectivity index (χ1n) is 33.4. The van der Waals surface area contributed by atoms with E-state index in [4.69, 9.17) is 56.8 Å². The fourth-order valence-corrected chi connectivity index (χ4v) is 18.8. The maximum Gasteiger partial charge on any atom is 0.310 e. The van der Waals surface area contributed by atoms with Crippen LogP contribution in [0.1, 0.15) is 127 Å². The largest absolute Gasteiger partial charge is 0.481 e. The van der Waals surface area contributed by atoms with Crippen molar-refractivity contribution in [3.8, 4) is 0 Å². The normalized spacial score (nSPS) is 54.7. The number of allylic oxidation sites excluding steroid dienone is 2. The molecule has 0 radical (unpaired) electrons. The Kier molecular flexibility index (Phi) is 20.9. The maximum absolute atomic E-state index is 13.2. The van der Waals surface area contributed by atoms with E-state index in [0.717, 1.165) is 44.9 Å². The molecule has 6 saturated heterocycles. The number of aliphatic hydroxyl groups is 15. The van der Waals surface area contributed by atoms with Gasteiger partial charge in [0.2, 0.25) is 0 Å². The molecule has 4 saturated carbocycles. The van der Waals surface area contributed by atoms with Crippen LogP contribution in [-0.4, -0.2) is 292 Å². The van der Waals surface area contributed by atoms with Crippen molar-refractivity contribution in [3.63, 3.8) is 0 Å². The van der Waals surface area contributed by atoms with Crippen LogP contribution in [0.2, 0.25) is 0 Å². The third-order valence-electron chi connectivity index (χ3n) is 24.9. The van der Waals surface area contributed by atoms with Gasteiger partial charge in [-0.2, -0.15) is 0 Å². The molecule has 534 valence electrons. The van der Waals surface area contributed by atoms with E-state index in [-0.39, 0.29) is 40.1 Å². The van der Waals surface area contributed by atoms with E-state index in [1.165, 1.54) is 19.4 Å². The molecule has 0 unspecified atom stereocenters. The Morgan fingerprint density at radius 1 is 0.516 bits per heavy atom. The molecule has 29 heteroatoms. The third-order valence-corrected chi connectivity index (χ3v) is 24.9. The molecule has 0 aromatic carbocycles. The van der Waals surface area contributed by atoms with E-state index in [2.05, 4.69) is 54.5 Å². The van der Waals surface area contributed by atoms with Crippen LogP contribution in [0.25, 0.3) is 0 Å². The Labute approximate surface area is 540 Å². The van der Waals surface area contributed by atoms with Crippen LogP contribution >= 0.6 is 0 Å². The minimum Gasteiger partial charge on any atom is -0.481 e. The van der Waals surface area contributed by atoms with Crippen molar-refractivity contribution in [2.45, 2.75) is 305 Å². The predicted octanol–water partition coefficient (Wildman–Crippen LogP) is -2.49. The Morgan fingerprint density at radius 3 is 1.80 bits per heavy atom. The molecular formula is C64H104O29. The Morgan fingerprint density at radius 2 is 1.10 bits per heavy atom. The molecule has 6 aliphatic heterocycles. The van der Waals surface area contributed by atoms with Gasteiger partial charge in [0.05, 0.1) is 50.2 Å². The lowest BCUT2D eigenvalue weighted by atomic mass is 9.33. The second-order valence-corrected chi connectivity index (χ2v) is 31.0. The smallest absolute Gasteiger partial charge is 0.310 e. The van der Waals surface area contributed by atoms with Crippen LogP contribution in [-0.2, 0) is 61.6 Å². The number of hydrogen-bond acceptors (Lipinski definition) is 28. The lowest BCUT2D eigenvalue weighted by Crippen LogP contribution is -2.66. The molecule has 16 N–H and O–H groups in total. The van der Waals surface area contributed by atoms with Crippen molar-refractivity contribution >= 4 is 5.97 Å². The van der Waals surface area contributed by atoms with Gasteiger partial charge in [-0.3, -0.25) is 4.79 Å². The molecule has 36 atom stereocenters. The van der Waals surface area contributed by atoms with E-state index in [9.17, 15) is 86.5 Å². The second kappa shape index (κ2) is 26.9. The summed E-state index contributed by atoms with van der Waals surface area (Å²) < 4.78 is 71.0. The van der Waals surface area contributed by atoms with Crippen molar-refractivity contribution < 1.29 is 143 Å². The van der Waals surface area contributed by atoms with Crippen molar-refractivity contribution in [2.75, 3.05) is 26.4 Å². The molecule has 0 aromatic rings. The summed E-state index contributed by atoms with van der Waals surface area (Å²) in [6, 6.07) is 0. The molecule has 0 bridgehead atoms. The van der Waals surface area contributed by atoms with Gasteiger partial charge in [0.15, 0.2) is 37.7 Å². The number of carboxylic acid groups (broad SMARTS) is 1. The summed E-state index contributed by atoms with van der Waals surface area (Å²) in [5.41, 5.74) is -0.177. The third kappa shape index (κ3) is 12.6. The Bertz CT molecular complexity index is 2620. The van der Waals surface area contributed by atoms with Gasteiger partial charge in [0, 0.05) is 0 Å². The highest BCUT2D eigenvalue weighted by Crippen LogP contribution is 2.76. The molecular weight excluding hydrogens is 1230 g/mol. The van der Waals surface area contributed by atoms with Crippen LogP contribution in [0, 0.1) is 50.2 Å². The molecule has 29 nitrogen and oxygen atoms in total. The van der Waals surface area contributed by atoms with Crippen molar-refractivity contribution in [3.05, 3.63) is 11.6 Å². The molecule has 0 amide bonds. The van der Waals surface area contributed by atoms with Crippen LogP contribution in [0.4, 0.5) is 0 Å². The lowest BCUT2D eigenvalue weighted by Gasteiger charge is -2.71. The highest BCUT2D eigenvalue weighted by molar-refractivity contribution is 5.76. The topological polar surface area (TPSA) is 452 Å². The maximum atomic E-state index is 13.2. The van der Waals surface area contributed by atoms with E-state index in [1.54, 1.807) is 0 Å². The zero-order valence-electron chi connectivity index (χ0n) is 54.4. The molecule has 11 rings (SSSR count). The average Bonchev–Trinajstić information content (AvgIpc) is 0.677. The highest BCUT2D eigenvalue weighted by Gasteiger charge is 2.70. The number of aliphatic hydroxyl groups excluding tert-OH is 15. The molecule has 10 fully saturated rings. The number of rotatable bonds is 15. The highest BCUT2D eigenvalue weighted by atomic mass is 16.8. The van der Waals surface area contributed by atoms with Gasteiger partial charge < -0.3 is 139 Å². The summed E-state index contributed by atoms with van der Waals surface area (Å²) in [6.45, 7) is 16.6. The van der Waals surface area contributed by atoms with Crippen LogP contribution < -0.4 is 0 Å². The minimum atomic E-state index is -2.05. The first-order valence-corrected chi connectivity index (χ1v) is 33.4. The molecule has 93 heavy (non-hydrogen) atoms. The van der Waals surface area contributed by atoms with E-state index >= 15 is 0 Å². The van der Waals surface area contributed by atoms with E-state index in [1.807, 2.05) is 0 Å². The number of fused-ring (bicyclic) bond motifs is 7. The second-order valence-electron chi connectivity index (χ2n) is 31.0. The molecule has 5 aliphatic carbocycles. The Balaban J connectivity index is 0.705. The summed E-state index contributed by atoms with van der Waals surface area (Å²) in [4.78, 5) is 13.2. The number of carboxylic acids is 1. The molecule has 11 aliphatic rings. The van der Waals surface area contributed by atoms with Gasteiger partial charge in [0.1, 0.15) is 122 Å². The number of carbonyl (C=O) groups is 1. The zero-order chi connectivity index (χ0) is 67.7. The summed E-state index contributed by atoms with van der Waals surface area (Å²) >= 11 is 0. The van der Waals surface area contributed by atoms with Crippen LogP contribution in [0.3, 0.4) is 0 Å². The van der Waals surface area contributed by atoms with Gasteiger partial charge in [-0.15, -0.1) is 0 Å². The monoisotopic (exact) mass is 1340 g/mol. The summed E-state index contributed by atoms with van der Waals surface area (Å²) in [5.74, 6) is -0.183. The summed E-state index contributed by atoms with van der Waals surface area (Å²) in [5, 5.41) is 176. The fourth-order valence-electron chi connectivity index (χ4n) is 18.8. The SMILES string of the molecule is C[C@H]1O[C@H](OC[C@@H]2O[C@@H](O[C@@H]3[C@H](O)[C@@H](O)[C@@H](O[C@H]4CO[C@@H](O[C@@H]5[C@H](O)[C@@H](O[C@H]6[C@@H](O[C@H]7CC[C@]8(C)[C@H](CC[C@]9(C)[C@H]8CC=C8[C@@H]%10CC(C)(C)CC[C@@]%10(C(=O)O)CC[C@@]89C)C7(C)C)OC[C@H](O)[C@@H]6O)O[C@H](C)[C@H]5O)[C@H](O)[C@H]4O)O[C@H]3CO)[C@H](O)[C@H](O)[C@@H]2O)[C@H](O)[C@@H](O)[C@H]1O. The zero-order valence-corrected chi connectivity index (χ0v) is 54.4. The molecule has 6 heterocycles. The molecule has 0 spiro atoms. The fraction of sp³-hybridized carbons (Fsp3) is 0.953. The van der Waals surface area contributed by atoms with Crippen LogP contribution in [0.15, 0.2) is 11.6 Å².